The van der Waals surface area contributed by atoms with Gasteiger partial charge in [0.05, 0.1) is 0 Å². The molecule has 1 fully saturated rings. The van der Waals surface area contributed by atoms with Crippen molar-refractivity contribution in [3.05, 3.63) is 0 Å². The standard InChI is InChI=1S/C11H16N4O2S2/c1-2-9(17)15(7-3-4-7)10-13-14-11(19-10)18-6-5-8(12)16/h7H,2-6H2,1H3,(H2,12,16). The smallest absolute Gasteiger partial charge is 0.228 e. The van der Waals surface area contributed by atoms with E-state index in [9.17, 15) is 9.59 Å². The van der Waals surface area contributed by atoms with Crippen molar-refractivity contribution in [3.8, 4) is 0 Å². The zero-order chi connectivity index (χ0) is 13.8. The Morgan fingerprint density at radius 3 is 2.79 bits per heavy atom. The van der Waals surface area contributed by atoms with Crippen molar-refractivity contribution in [1.82, 2.24) is 10.2 Å². The second-order valence-electron chi connectivity index (χ2n) is 4.26. The summed E-state index contributed by atoms with van der Waals surface area (Å²) in [6.07, 6.45) is 2.87. The van der Waals surface area contributed by atoms with Crippen LogP contribution >= 0.6 is 23.1 Å². The summed E-state index contributed by atoms with van der Waals surface area (Å²) in [4.78, 5) is 24.3. The van der Waals surface area contributed by atoms with Gasteiger partial charge in [0.15, 0.2) is 4.34 Å². The molecular weight excluding hydrogens is 284 g/mol. The summed E-state index contributed by atoms with van der Waals surface area (Å²) in [6, 6.07) is 0.295. The molecule has 0 radical (unpaired) electrons. The second kappa shape index (κ2) is 6.33. The van der Waals surface area contributed by atoms with Crippen molar-refractivity contribution in [1.29, 1.82) is 0 Å². The van der Waals surface area contributed by atoms with E-state index < -0.39 is 0 Å². The lowest BCUT2D eigenvalue weighted by Crippen LogP contribution is -2.32. The van der Waals surface area contributed by atoms with E-state index in [4.69, 9.17) is 5.73 Å². The fraction of sp³-hybridized carbons (Fsp3) is 0.636. The number of primary amides is 1. The Morgan fingerprint density at radius 2 is 2.21 bits per heavy atom. The number of hydrogen-bond donors (Lipinski definition) is 1. The SMILES string of the molecule is CCC(=O)N(c1nnc(SCCC(N)=O)s1)C1CC1. The topological polar surface area (TPSA) is 89.2 Å². The minimum atomic E-state index is -0.321. The first kappa shape index (κ1) is 14.3. The summed E-state index contributed by atoms with van der Waals surface area (Å²) in [5, 5.41) is 8.79. The second-order valence-corrected chi connectivity index (χ2v) is 6.56. The number of aromatic nitrogens is 2. The number of carbonyl (C=O) groups excluding carboxylic acids is 2. The van der Waals surface area contributed by atoms with Crippen LogP contribution in [0.5, 0.6) is 0 Å². The molecule has 0 aromatic carbocycles. The summed E-state index contributed by atoms with van der Waals surface area (Å²) >= 11 is 2.84. The van der Waals surface area contributed by atoms with Crippen LogP contribution in [0.2, 0.25) is 0 Å². The molecule has 0 atom stereocenters. The molecule has 1 aliphatic rings. The summed E-state index contributed by atoms with van der Waals surface area (Å²) in [7, 11) is 0. The van der Waals surface area contributed by atoms with Crippen LogP contribution in [0.4, 0.5) is 5.13 Å². The quantitative estimate of drug-likeness (QED) is 0.607. The molecule has 1 aliphatic carbocycles. The summed E-state index contributed by atoms with van der Waals surface area (Å²) < 4.78 is 0.769. The van der Waals surface area contributed by atoms with E-state index in [0.717, 1.165) is 17.2 Å². The van der Waals surface area contributed by atoms with E-state index in [1.54, 1.807) is 4.90 Å². The maximum atomic E-state index is 11.9. The van der Waals surface area contributed by atoms with Crippen molar-refractivity contribution in [2.75, 3.05) is 10.7 Å². The van der Waals surface area contributed by atoms with Crippen LogP contribution in [-0.4, -0.2) is 33.8 Å². The third kappa shape index (κ3) is 3.90. The molecule has 0 aliphatic heterocycles. The van der Waals surface area contributed by atoms with Gasteiger partial charge in [-0.25, -0.2) is 0 Å². The Morgan fingerprint density at radius 1 is 1.47 bits per heavy atom. The van der Waals surface area contributed by atoms with Crippen molar-refractivity contribution >= 4 is 40.0 Å². The van der Waals surface area contributed by atoms with Crippen LogP contribution in [0.3, 0.4) is 0 Å². The van der Waals surface area contributed by atoms with Crippen molar-refractivity contribution in [2.45, 2.75) is 43.0 Å². The fourth-order valence-electron chi connectivity index (χ4n) is 1.57. The van der Waals surface area contributed by atoms with Crippen LogP contribution < -0.4 is 10.6 Å². The molecule has 0 unspecified atom stereocenters. The van der Waals surface area contributed by atoms with Gasteiger partial charge in [0.25, 0.3) is 0 Å². The Labute approximate surface area is 119 Å². The first-order valence-corrected chi connectivity index (χ1v) is 7.98. The number of nitrogens with two attached hydrogens (primary N) is 1. The molecule has 8 heteroatoms. The molecule has 1 aromatic heterocycles. The fourth-order valence-corrected chi connectivity index (χ4v) is 3.52. The van der Waals surface area contributed by atoms with Crippen molar-refractivity contribution < 1.29 is 9.59 Å². The normalized spacial score (nSPS) is 14.4. The van der Waals surface area contributed by atoms with Gasteiger partial charge in [-0.3, -0.25) is 14.5 Å². The Kier molecular flexibility index (Phi) is 4.76. The number of thioether (sulfide) groups is 1. The molecule has 1 saturated carbocycles. The van der Waals surface area contributed by atoms with E-state index >= 15 is 0 Å². The predicted octanol–water partition coefficient (Wildman–Crippen LogP) is 1.41. The molecule has 0 saturated heterocycles. The van der Waals surface area contributed by atoms with Crippen LogP contribution in [-0.2, 0) is 9.59 Å². The molecule has 1 heterocycles. The molecule has 2 rings (SSSR count). The predicted molar refractivity (Wildman–Crippen MR) is 75.2 cm³/mol. The van der Waals surface area contributed by atoms with Gasteiger partial charge in [0.1, 0.15) is 0 Å². The van der Waals surface area contributed by atoms with Crippen molar-refractivity contribution in [2.24, 2.45) is 5.73 Å². The molecule has 104 valence electrons. The molecule has 0 bridgehead atoms. The molecule has 2 N–H and O–H groups in total. The van der Waals surface area contributed by atoms with Gasteiger partial charge in [-0.1, -0.05) is 30.0 Å². The zero-order valence-electron chi connectivity index (χ0n) is 10.7. The van der Waals surface area contributed by atoms with Crippen LogP contribution in [0.1, 0.15) is 32.6 Å². The highest BCUT2D eigenvalue weighted by molar-refractivity contribution is 8.01. The number of nitrogens with zero attached hydrogens (tertiary/aromatic N) is 3. The zero-order valence-corrected chi connectivity index (χ0v) is 12.3. The minimum Gasteiger partial charge on any atom is -0.370 e. The minimum absolute atomic E-state index is 0.0901. The number of carbonyl (C=O) groups is 2. The lowest BCUT2D eigenvalue weighted by Gasteiger charge is -2.17. The third-order valence-corrected chi connectivity index (χ3v) is 4.72. The average molecular weight is 300 g/mol. The highest BCUT2D eigenvalue weighted by Crippen LogP contribution is 2.36. The largest absolute Gasteiger partial charge is 0.370 e. The van der Waals surface area contributed by atoms with Gasteiger partial charge in [0, 0.05) is 24.6 Å². The Balaban J connectivity index is 1.98. The van der Waals surface area contributed by atoms with E-state index in [1.807, 2.05) is 6.92 Å². The maximum absolute atomic E-state index is 11.9. The molecule has 6 nitrogen and oxygen atoms in total. The molecule has 0 spiro atoms. The monoisotopic (exact) mass is 300 g/mol. The van der Waals surface area contributed by atoms with E-state index in [1.165, 1.54) is 23.1 Å². The first-order chi connectivity index (χ1) is 9.11. The van der Waals surface area contributed by atoms with E-state index in [0.29, 0.717) is 29.8 Å². The van der Waals surface area contributed by atoms with Gasteiger partial charge in [-0.05, 0) is 12.8 Å². The maximum Gasteiger partial charge on any atom is 0.228 e. The van der Waals surface area contributed by atoms with E-state index in [2.05, 4.69) is 10.2 Å². The molecule has 1 aromatic rings. The molecular formula is C11H16N4O2S2. The van der Waals surface area contributed by atoms with Gasteiger partial charge in [-0.15, -0.1) is 10.2 Å². The lowest BCUT2D eigenvalue weighted by molar-refractivity contribution is -0.118. The van der Waals surface area contributed by atoms with Crippen LogP contribution in [0.15, 0.2) is 4.34 Å². The van der Waals surface area contributed by atoms with Gasteiger partial charge >= 0.3 is 0 Å². The van der Waals surface area contributed by atoms with E-state index in [-0.39, 0.29) is 11.8 Å². The number of amides is 2. The summed E-state index contributed by atoms with van der Waals surface area (Å²) in [6.45, 7) is 1.85. The summed E-state index contributed by atoms with van der Waals surface area (Å²) in [5.74, 6) is 0.361. The highest BCUT2D eigenvalue weighted by atomic mass is 32.2. The van der Waals surface area contributed by atoms with Gasteiger partial charge in [-0.2, -0.15) is 0 Å². The number of hydrogen-bond acceptors (Lipinski definition) is 6. The Bertz CT molecular complexity index is 473. The lowest BCUT2D eigenvalue weighted by atomic mass is 10.4. The molecule has 19 heavy (non-hydrogen) atoms. The third-order valence-electron chi connectivity index (χ3n) is 2.66. The number of anilines is 1. The van der Waals surface area contributed by atoms with Gasteiger partial charge < -0.3 is 5.73 Å². The molecule has 2 amide bonds. The highest BCUT2D eigenvalue weighted by Gasteiger charge is 2.35. The van der Waals surface area contributed by atoms with Gasteiger partial charge in [0.2, 0.25) is 16.9 Å². The van der Waals surface area contributed by atoms with Crippen LogP contribution in [0, 0.1) is 0 Å². The number of rotatable bonds is 7. The average Bonchev–Trinajstić information content (AvgIpc) is 3.09. The first-order valence-electron chi connectivity index (χ1n) is 6.18. The van der Waals surface area contributed by atoms with Crippen LogP contribution in [0.25, 0.3) is 0 Å². The summed E-state index contributed by atoms with van der Waals surface area (Å²) in [5.41, 5.74) is 5.08. The van der Waals surface area contributed by atoms with Crippen molar-refractivity contribution in [3.63, 3.8) is 0 Å². The Hall–Kier alpha value is -1.15.